The van der Waals surface area contributed by atoms with Crippen molar-refractivity contribution in [1.82, 2.24) is 0 Å². The molecule has 11 heavy (non-hydrogen) atoms. The molecule has 0 aromatic carbocycles. The van der Waals surface area contributed by atoms with Crippen molar-refractivity contribution in [3.8, 4) is 11.8 Å². The van der Waals surface area contributed by atoms with Crippen LogP contribution in [-0.2, 0) is 4.74 Å². The summed E-state index contributed by atoms with van der Waals surface area (Å²) in [6.07, 6.45) is 2.71. The van der Waals surface area contributed by atoms with Crippen LogP contribution >= 0.6 is 0 Å². The maximum Gasteiger partial charge on any atom is 0.108 e. The van der Waals surface area contributed by atoms with Crippen molar-refractivity contribution in [3.05, 3.63) is 0 Å². The van der Waals surface area contributed by atoms with E-state index in [1.165, 1.54) is 0 Å². The van der Waals surface area contributed by atoms with Gasteiger partial charge in [0.1, 0.15) is 6.61 Å². The molecule has 0 aliphatic heterocycles. The molecule has 1 rings (SSSR count). The monoisotopic (exact) mass is 154 g/mol. The second kappa shape index (κ2) is 4.38. The predicted molar refractivity (Wildman–Crippen MR) is 43.0 cm³/mol. The molecule has 0 aromatic rings. The van der Waals surface area contributed by atoms with Gasteiger partial charge in [0, 0.05) is 0 Å². The summed E-state index contributed by atoms with van der Waals surface area (Å²) in [7, 11) is 0. The van der Waals surface area contributed by atoms with E-state index in [0.29, 0.717) is 6.61 Å². The maximum absolute atomic E-state index is 9.32. The van der Waals surface area contributed by atoms with Crippen molar-refractivity contribution in [3.63, 3.8) is 0 Å². The van der Waals surface area contributed by atoms with E-state index >= 15 is 0 Å². The molecule has 1 N–H and O–H groups in total. The Bertz CT molecular complexity index is 166. The second-order valence-corrected chi connectivity index (χ2v) is 2.77. The van der Waals surface area contributed by atoms with Crippen molar-refractivity contribution in [2.75, 3.05) is 6.61 Å². The van der Waals surface area contributed by atoms with Crippen molar-refractivity contribution in [2.45, 2.75) is 38.4 Å². The molecule has 2 atom stereocenters. The summed E-state index contributed by atoms with van der Waals surface area (Å²) in [6, 6.07) is 0. The molecule has 1 aliphatic carbocycles. The fourth-order valence-electron chi connectivity index (χ4n) is 1.32. The van der Waals surface area contributed by atoms with Gasteiger partial charge in [-0.2, -0.15) is 0 Å². The average Bonchev–Trinajstić information content (AvgIpc) is 2.37. The zero-order valence-electron chi connectivity index (χ0n) is 6.84. The van der Waals surface area contributed by atoms with E-state index < -0.39 is 0 Å². The lowest BCUT2D eigenvalue weighted by molar-refractivity contribution is -0.00418. The number of aliphatic hydroxyl groups is 1. The Balaban J connectivity index is 2.18. The summed E-state index contributed by atoms with van der Waals surface area (Å²) in [4.78, 5) is 0. The third-order valence-corrected chi connectivity index (χ3v) is 1.96. The third-order valence-electron chi connectivity index (χ3n) is 1.96. The number of hydrogen-bond donors (Lipinski definition) is 1. The lowest BCUT2D eigenvalue weighted by atomic mass is 10.3. The predicted octanol–water partition coefficient (Wildman–Crippen LogP) is 0.940. The van der Waals surface area contributed by atoms with Crippen LogP contribution in [0.25, 0.3) is 0 Å². The van der Waals surface area contributed by atoms with E-state index in [0.717, 1.165) is 19.3 Å². The zero-order valence-corrected chi connectivity index (χ0v) is 6.84. The molecular formula is C9H14O2. The first-order valence-corrected chi connectivity index (χ1v) is 4.04. The van der Waals surface area contributed by atoms with E-state index in [1.807, 2.05) is 0 Å². The first-order valence-electron chi connectivity index (χ1n) is 4.04. The Labute approximate surface area is 67.6 Å². The van der Waals surface area contributed by atoms with Gasteiger partial charge < -0.3 is 9.84 Å². The van der Waals surface area contributed by atoms with Gasteiger partial charge in [-0.1, -0.05) is 5.92 Å². The summed E-state index contributed by atoms with van der Waals surface area (Å²) < 4.78 is 5.33. The van der Waals surface area contributed by atoms with Crippen LogP contribution in [0.3, 0.4) is 0 Å². The van der Waals surface area contributed by atoms with Gasteiger partial charge in [0.25, 0.3) is 0 Å². The van der Waals surface area contributed by atoms with Gasteiger partial charge in [0.2, 0.25) is 0 Å². The molecule has 2 heteroatoms. The normalized spacial score (nSPS) is 29.6. The van der Waals surface area contributed by atoms with Gasteiger partial charge >= 0.3 is 0 Å². The molecule has 1 saturated carbocycles. The van der Waals surface area contributed by atoms with Gasteiger partial charge in [-0.05, 0) is 26.2 Å². The number of ether oxygens (including phenoxy) is 1. The summed E-state index contributed by atoms with van der Waals surface area (Å²) in [6.45, 7) is 2.24. The molecule has 0 radical (unpaired) electrons. The molecule has 2 unspecified atom stereocenters. The Kier molecular flexibility index (Phi) is 3.41. The highest BCUT2D eigenvalue weighted by Crippen LogP contribution is 2.21. The van der Waals surface area contributed by atoms with Crippen LogP contribution in [0.2, 0.25) is 0 Å². The van der Waals surface area contributed by atoms with E-state index in [1.54, 1.807) is 6.92 Å². The molecule has 0 spiro atoms. The number of rotatable bonds is 2. The fourth-order valence-corrected chi connectivity index (χ4v) is 1.32. The van der Waals surface area contributed by atoms with E-state index in [-0.39, 0.29) is 12.2 Å². The highest BCUT2D eigenvalue weighted by molar-refractivity contribution is 4.95. The largest absolute Gasteiger partial charge is 0.390 e. The van der Waals surface area contributed by atoms with E-state index in [4.69, 9.17) is 4.74 Å². The quantitative estimate of drug-likeness (QED) is 0.600. The molecule has 0 amide bonds. The second-order valence-electron chi connectivity index (χ2n) is 2.77. The minimum absolute atomic E-state index is 0.0378. The molecule has 0 bridgehead atoms. The molecular weight excluding hydrogens is 140 g/mol. The Morgan fingerprint density at radius 1 is 1.55 bits per heavy atom. The summed E-state index contributed by atoms with van der Waals surface area (Å²) >= 11 is 0. The molecule has 0 heterocycles. The minimum atomic E-state index is -0.256. The zero-order chi connectivity index (χ0) is 8.10. The molecule has 1 fully saturated rings. The third kappa shape index (κ3) is 2.53. The van der Waals surface area contributed by atoms with Gasteiger partial charge in [0.15, 0.2) is 0 Å². The van der Waals surface area contributed by atoms with Crippen molar-refractivity contribution < 1.29 is 9.84 Å². The van der Waals surface area contributed by atoms with E-state index in [9.17, 15) is 5.11 Å². The van der Waals surface area contributed by atoms with Crippen molar-refractivity contribution >= 4 is 0 Å². The first-order chi connectivity index (χ1) is 5.34. The topological polar surface area (TPSA) is 29.5 Å². The Hall–Kier alpha value is -0.520. The fraction of sp³-hybridized carbons (Fsp3) is 0.778. The maximum atomic E-state index is 9.32. The standard InChI is InChI=1S/C9H14O2/c1-2-3-7-11-9-6-4-5-8(9)10/h8-10H,4-7H2,1H3. The highest BCUT2D eigenvalue weighted by atomic mass is 16.5. The van der Waals surface area contributed by atoms with Crippen LogP contribution in [0, 0.1) is 11.8 Å². The number of hydrogen-bond acceptors (Lipinski definition) is 2. The molecule has 1 aliphatic rings. The summed E-state index contributed by atoms with van der Waals surface area (Å²) in [5.74, 6) is 5.56. The van der Waals surface area contributed by atoms with Crippen LogP contribution in [0.15, 0.2) is 0 Å². The SMILES string of the molecule is CC#CCOC1CCCC1O. The van der Waals surface area contributed by atoms with Crippen LogP contribution in [0.5, 0.6) is 0 Å². The van der Waals surface area contributed by atoms with Gasteiger partial charge in [0.05, 0.1) is 12.2 Å². The van der Waals surface area contributed by atoms with Crippen LogP contribution in [-0.4, -0.2) is 23.9 Å². The van der Waals surface area contributed by atoms with Crippen molar-refractivity contribution in [1.29, 1.82) is 0 Å². The smallest absolute Gasteiger partial charge is 0.108 e. The van der Waals surface area contributed by atoms with Crippen LogP contribution < -0.4 is 0 Å². The van der Waals surface area contributed by atoms with Gasteiger partial charge in [-0.25, -0.2) is 0 Å². The van der Waals surface area contributed by atoms with Gasteiger partial charge in [-0.3, -0.25) is 0 Å². The van der Waals surface area contributed by atoms with Crippen LogP contribution in [0.4, 0.5) is 0 Å². The van der Waals surface area contributed by atoms with Crippen molar-refractivity contribution in [2.24, 2.45) is 0 Å². The minimum Gasteiger partial charge on any atom is -0.390 e. The van der Waals surface area contributed by atoms with Crippen LogP contribution in [0.1, 0.15) is 26.2 Å². The summed E-state index contributed by atoms with van der Waals surface area (Å²) in [5.41, 5.74) is 0. The van der Waals surface area contributed by atoms with Gasteiger partial charge in [-0.15, -0.1) is 5.92 Å². The first kappa shape index (κ1) is 8.58. The average molecular weight is 154 g/mol. The Morgan fingerprint density at radius 2 is 2.36 bits per heavy atom. The molecule has 62 valence electrons. The number of aliphatic hydroxyl groups excluding tert-OH is 1. The molecule has 0 saturated heterocycles. The Morgan fingerprint density at radius 3 is 2.91 bits per heavy atom. The van der Waals surface area contributed by atoms with E-state index in [2.05, 4.69) is 11.8 Å². The highest BCUT2D eigenvalue weighted by Gasteiger charge is 2.25. The summed E-state index contributed by atoms with van der Waals surface area (Å²) in [5, 5.41) is 9.32. The lowest BCUT2D eigenvalue weighted by Gasteiger charge is -2.12. The molecule has 0 aromatic heterocycles. The lowest BCUT2D eigenvalue weighted by Crippen LogP contribution is -2.22. The molecule has 2 nitrogen and oxygen atoms in total.